The first kappa shape index (κ1) is 13.7. The van der Waals surface area contributed by atoms with Crippen LogP contribution in [0.3, 0.4) is 0 Å². The van der Waals surface area contributed by atoms with E-state index in [1.165, 1.54) is 51.4 Å². The molecule has 0 N–H and O–H groups in total. The fourth-order valence-corrected chi connectivity index (χ4v) is 1.75. The third-order valence-electron chi connectivity index (χ3n) is 2.68. The van der Waals surface area contributed by atoms with Gasteiger partial charge in [-0.3, -0.25) is 0 Å². The highest BCUT2D eigenvalue weighted by Gasteiger charge is 1.93. The molecule has 0 nitrogen and oxygen atoms in total. The molecule has 0 saturated heterocycles. The lowest BCUT2D eigenvalue weighted by atomic mass is 10.0. The average molecular weight is 196 g/mol. The minimum atomic E-state index is 0.788. The molecule has 0 aliphatic carbocycles. The fourth-order valence-electron chi connectivity index (χ4n) is 1.75. The largest absolute Gasteiger partial charge is 0.0883 e. The first-order valence-corrected chi connectivity index (χ1v) is 6.47. The van der Waals surface area contributed by atoms with Crippen molar-refractivity contribution in [2.75, 3.05) is 0 Å². The van der Waals surface area contributed by atoms with E-state index in [9.17, 15) is 0 Å². The van der Waals surface area contributed by atoms with E-state index in [1.807, 2.05) is 0 Å². The van der Waals surface area contributed by atoms with Crippen molar-refractivity contribution >= 4 is 0 Å². The molecule has 84 valence electrons. The van der Waals surface area contributed by atoms with Crippen molar-refractivity contribution in [2.45, 2.75) is 72.1 Å². The predicted molar refractivity (Wildman–Crippen MR) is 66.6 cm³/mol. The van der Waals surface area contributed by atoms with Gasteiger partial charge in [-0.25, -0.2) is 0 Å². The number of hydrogen-bond acceptors (Lipinski definition) is 0. The molecule has 0 aromatic rings. The van der Waals surface area contributed by atoms with E-state index in [4.69, 9.17) is 0 Å². The van der Waals surface area contributed by atoms with Crippen molar-refractivity contribution in [3.05, 3.63) is 12.2 Å². The second-order valence-corrected chi connectivity index (χ2v) is 4.40. The fraction of sp³-hybridized carbons (Fsp3) is 0.857. The highest BCUT2D eigenvalue weighted by atomic mass is 14.0. The normalized spacial score (nSPS) is 13.6. The van der Waals surface area contributed by atoms with Crippen LogP contribution in [0.2, 0.25) is 0 Å². The van der Waals surface area contributed by atoms with Crippen LogP contribution in [0, 0.1) is 5.92 Å². The van der Waals surface area contributed by atoms with E-state index in [2.05, 4.69) is 32.9 Å². The zero-order chi connectivity index (χ0) is 10.6. The summed E-state index contributed by atoms with van der Waals surface area (Å²) in [6.45, 7) is 6.85. The summed E-state index contributed by atoms with van der Waals surface area (Å²) in [5.41, 5.74) is 0. The lowest BCUT2D eigenvalue weighted by molar-refractivity contribution is 0.621. The predicted octanol–water partition coefficient (Wildman–Crippen LogP) is 5.34. The highest BCUT2D eigenvalue weighted by Crippen LogP contribution is 2.09. The minimum absolute atomic E-state index is 0.788. The van der Waals surface area contributed by atoms with Gasteiger partial charge in [-0.1, -0.05) is 65.0 Å². The Morgan fingerprint density at radius 3 is 2.29 bits per heavy atom. The van der Waals surface area contributed by atoms with Gasteiger partial charge in [0, 0.05) is 0 Å². The van der Waals surface area contributed by atoms with E-state index in [0.717, 1.165) is 5.92 Å². The van der Waals surface area contributed by atoms with Crippen LogP contribution < -0.4 is 0 Å². The number of unbranched alkanes of at least 4 members (excludes halogenated alkanes) is 5. The molecule has 0 aromatic carbocycles. The summed E-state index contributed by atoms with van der Waals surface area (Å²) in [6, 6.07) is 0. The summed E-state index contributed by atoms with van der Waals surface area (Å²) < 4.78 is 0. The van der Waals surface area contributed by atoms with Crippen LogP contribution in [0.5, 0.6) is 0 Å². The van der Waals surface area contributed by atoms with Crippen LogP contribution in [0.1, 0.15) is 72.1 Å². The highest BCUT2D eigenvalue weighted by molar-refractivity contribution is 4.85. The molecule has 0 rings (SSSR count). The third-order valence-corrected chi connectivity index (χ3v) is 2.68. The lowest BCUT2D eigenvalue weighted by Gasteiger charge is -2.02. The second kappa shape index (κ2) is 10.8. The Bertz CT molecular complexity index is 124. The van der Waals surface area contributed by atoms with Gasteiger partial charge in [0.1, 0.15) is 0 Å². The molecule has 0 heterocycles. The molecule has 0 radical (unpaired) electrons. The first-order chi connectivity index (χ1) is 6.81. The Labute approximate surface area is 90.8 Å². The standard InChI is InChI=1S/C14H28/c1-4-6-7-8-9-10-11-13-14(3)12-5-2/h11,13-14H,4-10,12H2,1-3H3. The van der Waals surface area contributed by atoms with Gasteiger partial charge in [0.05, 0.1) is 0 Å². The lowest BCUT2D eigenvalue weighted by Crippen LogP contribution is -1.87. The summed E-state index contributed by atoms with van der Waals surface area (Å²) in [7, 11) is 0. The molecule has 1 unspecified atom stereocenters. The first-order valence-electron chi connectivity index (χ1n) is 6.47. The molecular formula is C14H28. The number of hydrogen-bond donors (Lipinski definition) is 0. The molecule has 0 aliphatic heterocycles. The van der Waals surface area contributed by atoms with E-state index in [1.54, 1.807) is 0 Å². The molecule has 0 saturated carbocycles. The van der Waals surface area contributed by atoms with Crippen molar-refractivity contribution in [1.29, 1.82) is 0 Å². The topological polar surface area (TPSA) is 0 Å². The quantitative estimate of drug-likeness (QED) is 0.345. The second-order valence-electron chi connectivity index (χ2n) is 4.40. The van der Waals surface area contributed by atoms with Crippen LogP contribution in [0.4, 0.5) is 0 Å². The maximum Gasteiger partial charge on any atom is -0.0262 e. The Hall–Kier alpha value is -0.260. The molecule has 0 spiro atoms. The van der Waals surface area contributed by atoms with Gasteiger partial charge in [-0.15, -0.1) is 0 Å². The molecule has 14 heavy (non-hydrogen) atoms. The van der Waals surface area contributed by atoms with Gasteiger partial charge in [-0.05, 0) is 25.2 Å². The van der Waals surface area contributed by atoms with Crippen LogP contribution in [-0.4, -0.2) is 0 Å². The maximum absolute atomic E-state index is 2.39. The smallest absolute Gasteiger partial charge is 0.0262 e. The summed E-state index contributed by atoms with van der Waals surface area (Å²) in [5, 5.41) is 0. The van der Waals surface area contributed by atoms with Crippen molar-refractivity contribution < 1.29 is 0 Å². The Morgan fingerprint density at radius 1 is 0.929 bits per heavy atom. The Kier molecular flexibility index (Phi) is 10.6. The van der Waals surface area contributed by atoms with Crippen LogP contribution in [-0.2, 0) is 0 Å². The van der Waals surface area contributed by atoms with Crippen molar-refractivity contribution in [3.8, 4) is 0 Å². The van der Waals surface area contributed by atoms with Gasteiger partial charge in [0.15, 0.2) is 0 Å². The van der Waals surface area contributed by atoms with Gasteiger partial charge in [0.2, 0.25) is 0 Å². The van der Waals surface area contributed by atoms with E-state index in [0.29, 0.717) is 0 Å². The summed E-state index contributed by atoms with van der Waals surface area (Å²) in [4.78, 5) is 0. The summed E-state index contributed by atoms with van der Waals surface area (Å²) >= 11 is 0. The molecule has 0 heteroatoms. The van der Waals surface area contributed by atoms with Gasteiger partial charge < -0.3 is 0 Å². The number of allylic oxidation sites excluding steroid dienone is 2. The monoisotopic (exact) mass is 196 g/mol. The molecular weight excluding hydrogens is 168 g/mol. The van der Waals surface area contributed by atoms with E-state index < -0.39 is 0 Å². The molecule has 0 amide bonds. The van der Waals surface area contributed by atoms with Crippen LogP contribution in [0.25, 0.3) is 0 Å². The van der Waals surface area contributed by atoms with E-state index >= 15 is 0 Å². The molecule has 0 bridgehead atoms. The number of rotatable bonds is 9. The van der Waals surface area contributed by atoms with Crippen LogP contribution in [0.15, 0.2) is 12.2 Å². The Morgan fingerprint density at radius 2 is 1.64 bits per heavy atom. The molecule has 1 atom stereocenters. The maximum atomic E-state index is 2.39. The van der Waals surface area contributed by atoms with E-state index in [-0.39, 0.29) is 0 Å². The molecule has 0 aromatic heterocycles. The van der Waals surface area contributed by atoms with Crippen molar-refractivity contribution in [3.63, 3.8) is 0 Å². The average Bonchev–Trinajstić information content (AvgIpc) is 2.17. The SMILES string of the molecule is CCCCCCCC=CC(C)CCC. The van der Waals surface area contributed by atoms with Crippen molar-refractivity contribution in [2.24, 2.45) is 5.92 Å². The minimum Gasteiger partial charge on any atom is -0.0883 e. The van der Waals surface area contributed by atoms with Gasteiger partial charge in [-0.2, -0.15) is 0 Å². The zero-order valence-corrected chi connectivity index (χ0v) is 10.4. The molecule has 0 aliphatic rings. The molecule has 0 fully saturated rings. The van der Waals surface area contributed by atoms with Gasteiger partial charge in [0.25, 0.3) is 0 Å². The van der Waals surface area contributed by atoms with Gasteiger partial charge >= 0.3 is 0 Å². The summed E-state index contributed by atoms with van der Waals surface area (Å²) in [6.07, 6.45) is 15.7. The summed E-state index contributed by atoms with van der Waals surface area (Å²) in [5.74, 6) is 0.788. The zero-order valence-electron chi connectivity index (χ0n) is 10.4. The Balaban J connectivity index is 3.17. The third kappa shape index (κ3) is 9.83. The van der Waals surface area contributed by atoms with Crippen molar-refractivity contribution in [1.82, 2.24) is 0 Å². The van der Waals surface area contributed by atoms with Crippen LogP contribution >= 0.6 is 0 Å².